The number of hydrogen-bond acceptors (Lipinski definition) is 6. The van der Waals surface area contributed by atoms with Gasteiger partial charge in [0, 0.05) is 33.3 Å². The van der Waals surface area contributed by atoms with Gasteiger partial charge in [-0.2, -0.15) is 0 Å². The number of ketones is 2. The Morgan fingerprint density at radius 3 is 2.35 bits per heavy atom. The Bertz CT molecular complexity index is 1500. The molecule has 3 aromatic carbocycles. The molecule has 0 unspecified atom stereocenters. The van der Waals surface area contributed by atoms with Crippen LogP contribution in [-0.4, -0.2) is 35.3 Å². The second kappa shape index (κ2) is 8.76. The molecule has 0 bridgehead atoms. The normalized spacial score (nSPS) is 12.3. The van der Waals surface area contributed by atoms with Gasteiger partial charge in [0.1, 0.15) is 11.3 Å². The first-order valence-corrected chi connectivity index (χ1v) is 11.6. The lowest BCUT2D eigenvalue weighted by molar-refractivity contribution is -0.113. The molecule has 1 aliphatic rings. The van der Waals surface area contributed by atoms with Crippen LogP contribution < -0.4 is 10.1 Å². The summed E-state index contributed by atoms with van der Waals surface area (Å²) in [6.07, 6.45) is 0. The van der Waals surface area contributed by atoms with Crippen LogP contribution in [0.2, 0.25) is 0 Å². The summed E-state index contributed by atoms with van der Waals surface area (Å²) in [7, 11) is 1.61. The Kier molecular flexibility index (Phi) is 5.63. The molecule has 1 N–H and O–H groups in total. The second-order valence-electron chi connectivity index (χ2n) is 7.93. The fraction of sp³-hybridized carbons (Fsp3) is 0.111. The van der Waals surface area contributed by atoms with E-state index in [1.807, 2.05) is 31.2 Å². The van der Waals surface area contributed by atoms with Crippen LogP contribution in [-0.2, 0) is 4.79 Å². The molecule has 6 nitrogen and oxygen atoms in total. The molecule has 1 aromatic heterocycles. The van der Waals surface area contributed by atoms with E-state index in [4.69, 9.17) is 4.74 Å². The highest BCUT2D eigenvalue weighted by atomic mass is 32.2. The van der Waals surface area contributed by atoms with E-state index in [0.717, 1.165) is 16.5 Å². The number of hydrogen-bond donors (Lipinski definition) is 1. The van der Waals surface area contributed by atoms with E-state index >= 15 is 0 Å². The highest BCUT2D eigenvalue weighted by Crippen LogP contribution is 2.31. The third-order valence-corrected chi connectivity index (χ3v) is 6.68. The minimum absolute atomic E-state index is 0.139. The summed E-state index contributed by atoms with van der Waals surface area (Å²) in [5.41, 5.74) is 3.70. The number of aryl methyl sites for hydroxylation is 1. The van der Waals surface area contributed by atoms with Crippen LogP contribution in [0.3, 0.4) is 0 Å². The zero-order chi connectivity index (χ0) is 23.8. The van der Waals surface area contributed by atoms with Crippen molar-refractivity contribution < 1.29 is 19.1 Å². The highest BCUT2D eigenvalue weighted by molar-refractivity contribution is 7.99. The van der Waals surface area contributed by atoms with Crippen molar-refractivity contribution in [2.75, 3.05) is 18.2 Å². The molecular formula is C27H20N2O4S. The zero-order valence-corrected chi connectivity index (χ0v) is 19.4. The maximum atomic E-state index is 12.9. The molecule has 168 valence electrons. The third kappa shape index (κ3) is 3.84. The number of benzene rings is 3. The van der Waals surface area contributed by atoms with Crippen molar-refractivity contribution in [3.05, 3.63) is 94.5 Å². The number of fused-ring (bicyclic) bond motifs is 3. The van der Waals surface area contributed by atoms with Crippen molar-refractivity contribution in [2.24, 2.45) is 0 Å². The Morgan fingerprint density at radius 1 is 0.912 bits per heavy atom. The first kappa shape index (κ1) is 21.9. The van der Waals surface area contributed by atoms with Gasteiger partial charge in [0.15, 0.2) is 11.6 Å². The molecule has 1 heterocycles. The van der Waals surface area contributed by atoms with Crippen LogP contribution in [0.5, 0.6) is 5.75 Å². The van der Waals surface area contributed by atoms with E-state index in [1.54, 1.807) is 49.6 Å². The Labute approximate surface area is 200 Å². The van der Waals surface area contributed by atoms with E-state index in [-0.39, 0.29) is 23.2 Å². The van der Waals surface area contributed by atoms with Gasteiger partial charge in [-0.05, 0) is 42.8 Å². The number of methoxy groups -OCH3 is 1. The van der Waals surface area contributed by atoms with Crippen LogP contribution in [0.4, 0.5) is 5.69 Å². The molecule has 0 aliphatic heterocycles. The number of carbonyl (C=O) groups excluding carboxylic acids is 3. The third-order valence-electron chi connectivity index (χ3n) is 5.77. The van der Waals surface area contributed by atoms with Crippen molar-refractivity contribution >= 4 is 45.8 Å². The van der Waals surface area contributed by atoms with Crippen LogP contribution >= 0.6 is 11.8 Å². The fourth-order valence-corrected chi connectivity index (χ4v) is 4.88. The number of para-hydroxylation sites is 1. The average Bonchev–Trinajstić information content (AvgIpc) is 2.86. The number of nitrogens with one attached hydrogen (secondary N) is 1. The van der Waals surface area contributed by atoms with Crippen LogP contribution in [0.25, 0.3) is 10.9 Å². The monoisotopic (exact) mass is 468 g/mol. The zero-order valence-electron chi connectivity index (χ0n) is 18.5. The molecule has 4 aromatic rings. The van der Waals surface area contributed by atoms with Gasteiger partial charge in [0.05, 0.1) is 17.9 Å². The van der Waals surface area contributed by atoms with Gasteiger partial charge in [-0.25, -0.2) is 4.98 Å². The van der Waals surface area contributed by atoms with Crippen LogP contribution in [0.15, 0.2) is 71.8 Å². The summed E-state index contributed by atoms with van der Waals surface area (Å²) in [6.45, 7) is 2.00. The lowest BCUT2D eigenvalue weighted by Gasteiger charge is -2.18. The topological polar surface area (TPSA) is 85.4 Å². The molecule has 0 saturated carbocycles. The molecular weight excluding hydrogens is 448 g/mol. The summed E-state index contributed by atoms with van der Waals surface area (Å²) in [4.78, 5) is 43.0. The van der Waals surface area contributed by atoms with Gasteiger partial charge < -0.3 is 10.1 Å². The molecule has 5 rings (SSSR count). The number of aromatic nitrogens is 1. The van der Waals surface area contributed by atoms with E-state index in [1.165, 1.54) is 11.8 Å². The second-order valence-corrected chi connectivity index (χ2v) is 8.93. The molecule has 0 saturated heterocycles. The summed E-state index contributed by atoms with van der Waals surface area (Å²) in [5.74, 6) is 0.175. The summed E-state index contributed by atoms with van der Waals surface area (Å²) in [5, 5.41) is 4.54. The molecule has 1 amide bonds. The van der Waals surface area contributed by atoms with Gasteiger partial charge in [-0.15, -0.1) is 0 Å². The number of rotatable bonds is 5. The molecule has 0 spiro atoms. The molecule has 0 atom stereocenters. The van der Waals surface area contributed by atoms with Gasteiger partial charge in [-0.3, -0.25) is 14.4 Å². The molecule has 1 aliphatic carbocycles. The first-order chi connectivity index (χ1) is 16.5. The standard InChI is InChI=1S/C27H20N2O4S/c1-15-12-24(29-25-17(15)8-5-9-22(25)33-2)34-14-23(30)28-16-10-11-20-21(13-16)27(32)19-7-4-3-6-18(19)26(20)31/h3-13H,14H2,1-2H3,(H,28,30). The first-order valence-electron chi connectivity index (χ1n) is 10.7. The van der Waals surface area contributed by atoms with Crippen molar-refractivity contribution in [3.63, 3.8) is 0 Å². The lowest BCUT2D eigenvalue weighted by Crippen LogP contribution is -2.21. The molecule has 0 radical (unpaired) electrons. The average molecular weight is 469 g/mol. The van der Waals surface area contributed by atoms with Crippen molar-refractivity contribution in [3.8, 4) is 5.75 Å². The molecule has 0 fully saturated rings. The van der Waals surface area contributed by atoms with E-state index in [2.05, 4.69) is 10.3 Å². The van der Waals surface area contributed by atoms with Gasteiger partial charge in [-0.1, -0.05) is 48.2 Å². The van der Waals surface area contributed by atoms with Gasteiger partial charge >= 0.3 is 0 Å². The number of thioether (sulfide) groups is 1. The Balaban J connectivity index is 1.32. The van der Waals surface area contributed by atoms with Crippen molar-refractivity contribution in [1.29, 1.82) is 0 Å². The van der Waals surface area contributed by atoms with Crippen LogP contribution in [0.1, 0.15) is 37.4 Å². The maximum Gasteiger partial charge on any atom is 0.234 e. The lowest BCUT2D eigenvalue weighted by atomic mass is 9.84. The van der Waals surface area contributed by atoms with Crippen LogP contribution in [0, 0.1) is 6.92 Å². The number of nitrogens with zero attached hydrogens (tertiary/aromatic N) is 1. The fourth-order valence-electron chi connectivity index (χ4n) is 4.11. The molecule has 34 heavy (non-hydrogen) atoms. The Morgan fingerprint density at radius 2 is 1.62 bits per heavy atom. The number of pyridine rings is 1. The van der Waals surface area contributed by atoms with E-state index in [0.29, 0.717) is 38.7 Å². The van der Waals surface area contributed by atoms with Gasteiger partial charge in [0.25, 0.3) is 0 Å². The summed E-state index contributed by atoms with van der Waals surface area (Å²) < 4.78 is 5.42. The summed E-state index contributed by atoms with van der Waals surface area (Å²) >= 11 is 1.32. The predicted octanol–water partition coefficient (Wildman–Crippen LogP) is 5.06. The predicted molar refractivity (Wildman–Crippen MR) is 132 cm³/mol. The number of amides is 1. The smallest absolute Gasteiger partial charge is 0.234 e. The SMILES string of the molecule is COc1cccc2c(C)cc(SCC(=O)Nc3ccc4c(c3)C(=O)c3ccccc3C4=O)nc12. The quantitative estimate of drug-likeness (QED) is 0.363. The minimum Gasteiger partial charge on any atom is -0.494 e. The minimum atomic E-state index is -0.237. The Hall–Kier alpha value is -3.97. The number of ether oxygens (including phenoxy) is 1. The van der Waals surface area contributed by atoms with Crippen molar-refractivity contribution in [2.45, 2.75) is 11.9 Å². The van der Waals surface area contributed by atoms with Gasteiger partial charge in [0.2, 0.25) is 5.91 Å². The largest absolute Gasteiger partial charge is 0.494 e. The van der Waals surface area contributed by atoms with Crippen molar-refractivity contribution in [1.82, 2.24) is 4.98 Å². The number of anilines is 1. The molecule has 7 heteroatoms. The van der Waals surface area contributed by atoms with E-state index in [9.17, 15) is 14.4 Å². The summed E-state index contributed by atoms with van der Waals surface area (Å²) in [6, 6.07) is 19.3. The highest BCUT2D eigenvalue weighted by Gasteiger charge is 2.29. The van der Waals surface area contributed by atoms with E-state index < -0.39 is 0 Å². The number of carbonyl (C=O) groups is 3. The maximum absolute atomic E-state index is 12.9.